The zero-order valence-corrected chi connectivity index (χ0v) is 14.5. The molecule has 0 fully saturated rings. The molecule has 1 aromatic heterocycles. The summed E-state index contributed by atoms with van der Waals surface area (Å²) in [6.45, 7) is 2.93. The molecule has 0 aliphatic carbocycles. The van der Waals surface area contributed by atoms with Crippen LogP contribution in [0.3, 0.4) is 0 Å². The van der Waals surface area contributed by atoms with Crippen molar-refractivity contribution in [2.75, 3.05) is 0 Å². The van der Waals surface area contributed by atoms with Crippen LogP contribution in [-0.4, -0.2) is 23.0 Å². The topological polar surface area (TPSA) is 68.3 Å². The van der Waals surface area contributed by atoms with Crippen molar-refractivity contribution in [1.82, 2.24) is 10.3 Å². The summed E-state index contributed by atoms with van der Waals surface area (Å²) in [4.78, 5) is 27.7. The van der Waals surface area contributed by atoms with Crippen LogP contribution in [0, 0.1) is 12.7 Å². The van der Waals surface area contributed by atoms with Gasteiger partial charge in [-0.15, -0.1) is 13.2 Å². The molecule has 144 valence electrons. The second-order valence-electron chi connectivity index (χ2n) is 5.86. The number of amides is 1. The molecular weight excluding hydrogens is 368 g/mol. The van der Waals surface area contributed by atoms with Gasteiger partial charge in [0, 0.05) is 29.9 Å². The molecule has 0 bridgehead atoms. The number of nitrogens with zero attached hydrogens (tertiary/aromatic N) is 1. The summed E-state index contributed by atoms with van der Waals surface area (Å²) < 4.78 is 53.8. The van der Waals surface area contributed by atoms with Gasteiger partial charge in [0.1, 0.15) is 5.78 Å². The number of carbonyl (C=O) groups excluding carboxylic acids is 2. The third-order valence-corrected chi connectivity index (χ3v) is 3.37. The standard InChI is InChI=1S/C18H16F4N2O3/c1-10-5-13(8-14(24-10)6-11(2)25)17(26)23-9-12-3-4-15(19)16(7-12)27-18(20,21)22/h3-5,7-8H,6,9H2,1-2H3,(H,23,26). The lowest BCUT2D eigenvalue weighted by Crippen LogP contribution is -2.24. The Balaban J connectivity index is 2.10. The maximum absolute atomic E-state index is 13.4. The molecule has 0 atom stereocenters. The van der Waals surface area contributed by atoms with Crippen molar-refractivity contribution in [3.63, 3.8) is 0 Å². The Morgan fingerprint density at radius 1 is 1.19 bits per heavy atom. The minimum atomic E-state index is -5.02. The molecule has 0 spiro atoms. The quantitative estimate of drug-likeness (QED) is 0.775. The van der Waals surface area contributed by atoms with Crippen molar-refractivity contribution in [2.45, 2.75) is 33.2 Å². The lowest BCUT2D eigenvalue weighted by molar-refractivity contribution is -0.275. The molecule has 0 saturated heterocycles. The molecule has 0 aliphatic rings. The summed E-state index contributed by atoms with van der Waals surface area (Å²) in [6, 6.07) is 5.90. The second-order valence-corrected chi connectivity index (χ2v) is 5.86. The average molecular weight is 384 g/mol. The normalized spacial score (nSPS) is 11.2. The first-order valence-corrected chi connectivity index (χ1v) is 7.83. The molecule has 5 nitrogen and oxygen atoms in total. The van der Waals surface area contributed by atoms with Crippen LogP contribution in [0.15, 0.2) is 30.3 Å². The van der Waals surface area contributed by atoms with E-state index in [0.29, 0.717) is 11.4 Å². The summed E-state index contributed by atoms with van der Waals surface area (Å²) >= 11 is 0. The van der Waals surface area contributed by atoms with Gasteiger partial charge in [-0.2, -0.15) is 0 Å². The number of aryl methyl sites for hydroxylation is 1. The van der Waals surface area contributed by atoms with Gasteiger partial charge < -0.3 is 10.1 Å². The summed E-state index contributed by atoms with van der Waals surface area (Å²) in [5.74, 6) is -2.75. The van der Waals surface area contributed by atoms with Crippen molar-refractivity contribution in [3.8, 4) is 5.75 Å². The SMILES string of the molecule is CC(=O)Cc1cc(C(=O)NCc2ccc(F)c(OC(F)(F)F)c2)cc(C)n1. The van der Waals surface area contributed by atoms with Gasteiger partial charge in [-0.1, -0.05) is 6.07 Å². The number of pyridine rings is 1. The number of alkyl halides is 3. The molecular formula is C18H16F4N2O3. The largest absolute Gasteiger partial charge is 0.573 e. The summed E-state index contributed by atoms with van der Waals surface area (Å²) in [5, 5.41) is 2.52. The van der Waals surface area contributed by atoms with Crippen LogP contribution in [0.1, 0.15) is 34.2 Å². The Bertz CT molecular complexity index is 866. The summed E-state index contributed by atoms with van der Waals surface area (Å²) in [5.41, 5.74) is 1.46. The Kier molecular flexibility index (Phi) is 6.14. The van der Waals surface area contributed by atoms with E-state index in [0.717, 1.165) is 12.1 Å². The van der Waals surface area contributed by atoms with Crippen LogP contribution >= 0.6 is 0 Å². The molecule has 9 heteroatoms. The zero-order valence-electron chi connectivity index (χ0n) is 14.5. The van der Waals surface area contributed by atoms with Crippen molar-refractivity contribution >= 4 is 11.7 Å². The maximum Gasteiger partial charge on any atom is 0.573 e. The predicted octanol–water partition coefficient (Wildman–Crippen LogP) is 3.49. The van der Waals surface area contributed by atoms with Gasteiger partial charge in [0.2, 0.25) is 0 Å². The third-order valence-electron chi connectivity index (χ3n) is 3.37. The number of ether oxygens (including phenoxy) is 1. The zero-order chi connectivity index (χ0) is 20.2. The molecule has 0 unspecified atom stereocenters. The van der Waals surface area contributed by atoms with Crippen molar-refractivity contribution in [3.05, 3.63) is 58.7 Å². The molecule has 0 aliphatic heterocycles. The van der Waals surface area contributed by atoms with Gasteiger partial charge in [-0.3, -0.25) is 14.6 Å². The number of ketones is 1. The number of hydrogen-bond acceptors (Lipinski definition) is 4. The van der Waals surface area contributed by atoms with E-state index in [-0.39, 0.29) is 29.9 Å². The third kappa shape index (κ3) is 6.36. The van der Waals surface area contributed by atoms with E-state index in [1.807, 2.05) is 0 Å². The molecule has 2 rings (SSSR count). The number of aromatic nitrogens is 1. The predicted molar refractivity (Wildman–Crippen MR) is 87.6 cm³/mol. The van der Waals surface area contributed by atoms with Gasteiger partial charge in [-0.25, -0.2) is 4.39 Å². The number of halogens is 4. The number of benzene rings is 1. The number of carbonyl (C=O) groups is 2. The van der Waals surface area contributed by atoms with Gasteiger partial charge in [-0.05, 0) is 43.7 Å². The number of nitrogens with one attached hydrogen (secondary N) is 1. The molecule has 27 heavy (non-hydrogen) atoms. The second kappa shape index (κ2) is 8.15. The van der Waals surface area contributed by atoms with E-state index < -0.39 is 23.8 Å². The van der Waals surface area contributed by atoms with Gasteiger partial charge in [0.05, 0.1) is 0 Å². The highest BCUT2D eigenvalue weighted by atomic mass is 19.4. The molecule has 1 aromatic carbocycles. The fourth-order valence-corrected chi connectivity index (χ4v) is 2.36. The minimum absolute atomic E-state index is 0.0814. The van der Waals surface area contributed by atoms with E-state index >= 15 is 0 Å². The van der Waals surface area contributed by atoms with E-state index in [9.17, 15) is 27.2 Å². The van der Waals surface area contributed by atoms with E-state index in [1.54, 1.807) is 6.92 Å². The highest BCUT2D eigenvalue weighted by Crippen LogP contribution is 2.26. The first-order valence-electron chi connectivity index (χ1n) is 7.83. The van der Waals surface area contributed by atoms with Crippen molar-refractivity contribution < 1.29 is 31.9 Å². The lowest BCUT2D eigenvalue weighted by Gasteiger charge is -2.12. The molecule has 2 aromatic rings. The summed E-state index contributed by atoms with van der Waals surface area (Å²) in [6.07, 6.45) is -4.94. The molecule has 1 heterocycles. The fourth-order valence-electron chi connectivity index (χ4n) is 2.36. The first kappa shape index (κ1) is 20.3. The van der Waals surface area contributed by atoms with Crippen LogP contribution in [0.4, 0.5) is 17.6 Å². The highest BCUT2D eigenvalue weighted by molar-refractivity contribution is 5.94. The van der Waals surface area contributed by atoms with Crippen LogP contribution in [0.25, 0.3) is 0 Å². The van der Waals surface area contributed by atoms with Crippen molar-refractivity contribution in [1.29, 1.82) is 0 Å². The average Bonchev–Trinajstić information content (AvgIpc) is 2.52. The van der Waals surface area contributed by atoms with Gasteiger partial charge in [0.15, 0.2) is 11.6 Å². The van der Waals surface area contributed by atoms with Crippen LogP contribution < -0.4 is 10.1 Å². The minimum Gasteiger partial charge on any atom is -0.403 e. The van der Waals surface area contributed by atoms with Crippen LogP contribution in [-0.2, 0) is 17.8 Å². The fraction of sp³-hybridized carbons (Fsp3) is 0.278. The van der Waals surface area contributed by atoms with Gasteiger partial charge in [0.25, 0.3) is 5.91 Å². The molecule has 0 radical (unpaired) electrons. The number of Topliss-reactive ketones (excluding diaryl/α,β-unsaturated/α-hetero) is 1. The summed E-state index contributed by atoms with van der Waals surface area (Å²) in [7, 11) is 0. The van der Waals surface area contributed by atoms with Crippen LogP contribution in [0.5, 0.6) is 5.75 Å². The smallest absolute Gasteiger partial charge is 0.403 e. The first-order chi connectivity index (χ1) is 12.5. The number of hydrogen-bond donors (Lipinski definition) is 1. The van der Waals surface area contributed by atoms with Crippen molar-refractivity contribution in [2.24, 2.45) is 0 Å². The Hall–Kier alpha value is -2.97. The Labute approximate surface area is 152 Å². The Morgan fingerprint density at radius 3 is 2.52 bits per heavy atom. The molecule has 1 amide bonds. The highest BCUT2D eigenvalue weighted by Gasteiger charge is 2.32. The number of rotatable bonds is 6. The van der Waals surface area contributed by atoms with E-state index in [2.05, 4.69) is 15.0 Å². The lowest BCUT2D eigenvalue weighted by atomic mass is 10.1. The van der Waals surface area contributed by atoms with Crippen LogP contribution in [0.2, 0.25) is 0 Å². The molecule has 0 saturated carbocycles. The monoisotopic (exact) mass is 384 g/mol. The Morgan fingerprint density at radius 2 is 1.89 bits per heavy atom. The van der Waals surface area contributed by atoms with Gasteiger partial charge >= 0.3 is 6.36 Å². The molecule has 1 N–H and O–H groups in total. The maximum atomic E-state index is 13.4. The van der Waals surface area contributed by atoms with E-state index in [4.69, 9.17) is 0 Å². The van der Waals surface area contributed by atoms with E-state index in [1.165, 1.54) is 25.1 Å².